The molecule has 0 heterocycles. The predicted octanol–water partition coefficient (Wildman–Crippen LogP) is 3.10. The van der Waals surface area contributed by atoms with Crippen molar-refractivity contribution >= 4 is 17.5 Å². The predicted molar refractivity (Wildman–Crippen MR) is 107 cm³/mol. The minimum atomic E-state index is -0.554. The maximum atomic E-state index is 13.5. The van der Waals surface area contributed by atoms with E-state index in [-0.39, 0.29) is 18.9 Å². The third-order valence-electron chi connectivity index (χ3n) is 3.82. The van der Waals surface area contributed by atoms with E-state index in [9.17, 15) is 14.0 Å². The van der Waals surface area contributed by atoms with Crippen LogP contribution in [0.3, 0.4) is 0 Å². The van der Waals surface area contributed by atoms with Crippen LogP contribution in [0.25, 0.3) is 0 Å². The molecule has 0 saturated carbocycles. The van der Waals surface area contributed by atoms with Crippen LogP contribution in [0.5, 0.6) is 17.2 Å². The first kappa shape index (κ1) is 22.0. The standard InChI is InChI=1S/C21H25FN2O5/c1-4-27-18-11-10-15(12-19(18)28-5-2)23-20(25)13-24(3)21(26)14-29-17-9-7-6-8-16(17)22/h6-12H,4-5,13-14H2,1-3H3,(H,23,25). The Morgan fingerprint density at radius 2 is 1.66 bits per heavy atom. The minimum absolute atomic E-state index is 0.0171. The van der Waals surface area contributed by atoms with Crippen LogP contribution in [-0.4, -0.2) is 50.1 Å². The first-order chi connectivity index (χ1) is 13.9. The van der Waals surface area contributed by atoms with E-state index in [1.54, 1.807) is 24.3 Å². The fourth-order valence-electron chi connectivity index (χ4n) is 2.44. The van der Waals surface area contributed by atoms with E-state index < -0.39 is 17.6 Å². The van der Waals surface area contributed by atoms with Crippen molar-refractivity contribution in [2.45, 2.75) is 13.8 Å². The second-order valence-electron chi connectivity index (χ2n) is 6.04. The number of nitrogens with zero attached hydrogens (tertiary/aromatic N) is 1. The van der Waals surface area contributed by atoms with Gasteiger partial charge in [0.15, 0.2) is 29.7 Å². The molecule has 0 unspecified atom stereocenters. The lowest BCUT2D eigenvalue weighted by atomic mass is 10.2. The zero-order chi connectivity index (χ0) is 21.2. The van der Waals surface area contributed by atoms with Crippen LogP contribution in [-0.2, 0) is 9.59 Å². The van der Waals surface area contributed by atoms with Gasteiger partial charge in [-0.25, -0.2) is 4.39 Å². The van der Waals surface area contributed by atoms with Gasteiger partial charge in [0.2, 0.25) is 5.91 Å². The Morgan fingerprint density at radius 3 is 2.34 bits per heavy atom. The summed E-state index contributed by atoms with van der Waals surface area (Å²) in [5.41, 5.74) is 0.519. The quantitative estimate of drug-likeness (QED) is 0.659. The highest BCUT2D eigenvalue weighted by Gasteiger charge is 2.15. The van der Waals surface area contributed by atoms with Gasteiger partial charge in [-0.15, -0.1) is 0 Å². The summed E-state index contributed by atoms with van der Waals surface area (Å²) in [7, 11) is 1.47. The molecule has 8 heteroatoms. The molecular formula is C21H25FN2O5. The number of halogens is 1. The van der Waals surface area contributed by atoms with E-state index in [0.29, 0.717) is 30.4 Å². The highest BCUT2D eigenvalue weighted by atomic mass is 19.1. The Kier molecular flexibility index (Phi) is 8.27. The number of hydrogen-bond acceptors (Lipinski definition) is 5. The van der Waals surface area contributed by atoms with Gasteiger partial charge in [-0.3, -0.25) is 9.59 Å². The van der Waals surface area contributed by atoms with Crippen LogP contribution in [0.15, 0.2) is 42.5 Å². The van der Waals surface area contributed by atoms with E-state index in [1.165, 1.54) is 30.1 Å². The van der Waals surface area contributed by atoms with Crippen LogP contribution in [0.1, 0.15) is 13.8 Å². The number of para-hydroxylation sites is 1. The van der Waals surface area contributed by atoms with Crippen molar-refractivity contribution in [2.24, 2.45) is 0 Å². The molecule has 0 fully saturated rings. The van der Waals surface area contributed by atoms with Crippen LogP contribution in [0, 0.1) is 5.82 Å². The van der Waals surface area contributed by atoms with Gasteiger partial charge in [0.1, 0.15) is 0 Å². The van der Waals surface area contributed by atoms with Crippen molar-refractivity contribution in [3.8, 4) is 17.2 Å². The number of likely N-dealkylation sites (N-methyl/N-ethyl adjacent to an activating group) is 1. The Labute approximate surface area is 169 Å². The highest BCUT2D eigenvalue weighted by Crippen LogP contribution is 2.30. The van der Waals surface area contributed by atoms with Gasteiger partial charge in [-0.2, -0.15) is 0 Å². The number of carbonyl (C=O) groups excluding carboxylic acids is 2. The highest BCUT2D eigenvalue weighted by molar-refractivity contribution is 5.94. The van der Waals surface area contributed by atoms with Gasteiger partial charge >= 0.3 is 0 Å². The normalized spacial score (nSPS) is 10.2. The van der Waals surface area contributed by atoms with Crippen molar-refractivity contribution in [1.82, 2.24) is 4.90 Å². The number of ether oxygens (including phenoxy) is 3. The van der Waals surface area contributed by atoms with Crippen LogP contribution < -0.4 is 19.5 Å². The van der Waals surface area contributed by atoms with Gasteiger partial charge in [0, 0.05) is 18.8 Å². The molecule has 0 bridgehead atoms. The number of amides is 2. The summed E-state index contributed by atoms with van der Waals surface area (Å²) in [5.74, 6) is -0.305. The van der Waals surface area contributed by atoms with E-state index >= 15 is 0 Å². The smallest absolute Gasteiger partial charge is 0.260 e. The first-order valence-corrected chi connectivity index (χ1v) is 9.25. The van der Waals surface area contributed by atoms with E-state index in [4.69, 9.17) is 14.2 Å². The largest absolute Gasteiger partial charge is 0.490 e. The van der Waals surface area contributed by atoms with Gasteiger partial charge in [-0.1, -0.05) is 12.1 Å². The van der Waals surface area contributed by atoms with Gasteiger partial charge in [-0.05, 0) is 38.1 Å². The molecule has 1 N–H and O–H groups in total. The Balaban J connectivity index is 1.89. The van der Waals surface area contributed by atoms with Crippen LogP contribution in [0.2, 0.25) is 0 Å². The fraction of sp³-hybridized carbons (Fsp3) is 0.333. The summed E-state index contributed by atoms with van der Waals surface area (Å²) in [6.45, 7) is 4.11. The molecule has 2 rings (SSSR count). The van der Waals surface area contributed by atoms with Crippen LogP contribution >= 0.6 is 0 Å². The average molecular weight is 404 g/mol. The summed E-state index contributed by atoms with van der Waals surface area (Å²) >= 11 is 0. The van der Waals surface area contributed by atoms with Crippen molar-refractivity contribution in [3.05, 3.63) is 48.3 Å². The molecule has 0 aliphatic rings. The molecular weight excluding hydrogens is 379 g/mol. The third-order valence-corrected chi connectivity index (χ3v) is 3.82. The maximum absolute atomic E-state index is 13.5. The third kappa shape index (κ3) is 6.67. The number of nitrogens with one attached hydrogen (secondary N) is 1. The topological polar surface area (TPSA) is 77.1 Å². The lowest BCUT2D eigenvalue weighted by Gasteiger charge is -2.18. The molecule has 2 aromatic carbocycles. The van der Waals surface area contributed by atoms with Gasteiger partial charge in [0.25, 0.3) is 5.91 Å². The summed E-state index contributed by atoms with van der Waals surface area (Å²) < 4.78 is 29.7. The molecule has 156 valence electrons. The molecule has 7 nitrogen and oxygen atoms in total. The number of benzene rings is 2. The molecule has 0 aliphatic carbocycles. The Bertz CT molecular complexity index is 844. The second kappa shape index (κ2) is 10.9. The molecule has 0 radical (unpaired) electrons. The molecule has 29 heavy (non-hydrogen) atoms. The number of anilines is 1. The van der Waals surface area contributed by atoms with Gasteiger partial charge < -0.3 is 24.4 Å². The lowest BCUT2D eigenvalue weighted by molar-refractivity contribution is -0.135. The Morgan fingerprint density at radius 1 is 0.966 bits per heavy atom. The molecule has 0 saturated heterocycles. The van der Waals surface area contributed by atoms with Crippen molar-refractivity contribution in [1.29, 1.82) is 0 Å². The average Bonchev–Trinajstić information content (AvgIpc) is 2.69. The van der Waals surface area contributed by atoms with Gasteiger partial charge in [0.05, 0.1) is 19.8 Å². The van der Waals surface area contributed by atoms with Crippen molar-refractivity contribution in [2.75, 3.05) is 38.7 Å². The van der Waals surface area contributed by atoms with Crippen molar-refractivity contribution < 1.29 is 28.2 Å². The zero-order valence-corrected chi connectivity index (χ0v) is 16.7. The molecule has 2 aromatic rings. The zero-order valence-electron chi connectivity index (χ0n) is 16.7. The number of carbonyl (C=O) groups is 2. The summed E-state index contributed by atoms with van der Waals surface area (Å²) in [6.07, 6.45) is 0. The molecule has 0 atom stereocenters. The number of hydrogen-bond donors (Lipinski definition) is 1. The molecule has 0 aromatic heterocycles. The summed E-state index contributed by atoms with van der Waals surface area (Å²) in [5, 5.41) is 2.71. The minimum Gasteiger partial charge on any atom is -0.490 e. The maximum Gasteiger partial charge on any atom is 0.260 e. The molecule has 0 spiro atoms. The Hall–Kier alpha value is -3.29. The fourth-order valence-corrected chi connectivity index (χ4v) is 2.44. The number of rotatable bonds is 10. The lowest BCUT2D eigenvalue weighted by Crippen LogP contribution is -2.37. The van der Waals surface area contributed by atoms with Crippen LogP contribution in [0.4, 0.5) is 10.1 Å². The monoisotopic (exact) mass is 404 g/mol. The second-order valence-corrected chi connectivity index (χ2v) is 6.04. The summed E-state index contributed by atoms with van der Waals surface area (Å²) in [4.78, 5) is 25.6. The van der Waals surface area contributed by atoms with E-state index in [2.05, 4.69) is 5.32 Å². The SMILES string of the molecule is CCOc1ccc(NC(=O)CN(C)C(=O)COc2ccccc2F)cc1OCC. The molecule has 2 amide bonds. The first-order valence-electron chi connectivity index (χ1n) is 9.25. The van der Waals surface area contributed by atoms with Crippen molar-refractivity contribution in [3.63, 3.8) is 0 Å². The summed E-state index contributed by atoms with van der Waals surface area (Å²) in [6, 6.07) is 10.9. The van der Waals surface area contributed by atoms with E-state index in [1.807, 2.05) is 13.8 Å². The molecule has 0 aliphatic heterocycles. The van der Waals surface area contributed by atoms with E-state index in [0.717, 1.165) is 0 Å².